The molecule has 0 bridgehead atoms. The molecule has 0 aliphatic rings. The highest BCUT2D eigenvalue weighted by Crippen LogP contribution is 2.34. The molecule has 0 heterocycles. The molecule has 0 spiro atoms. The number of halogens is 4. The normalized spacial score (nSPS) is 11.5. The molecule has 2 N–H and O–H groups in total. The molecule has 0 aliphatic carbocycles. The van der Waals surface area contributed by atoms with E-state index in [0.717, 1.165) is 6.07 Å². The van der Waals surface area contributed by atoms with E-state index in [-0.39, 0.29) is 16.8 Å². The zero-order chi connectivity index (χ0) is 16.3. The molecule has 2 aromatic carbocycles. The van der Waals surface area contributed by atoms with E-state index in [9.17, 15) is 18.0 Å². The molecule has 2 rings (SSSR count). The average Bonchev–Trinajstić information content (AvgIpc) is 2.49. The van der Waals surface area contributed by atoms with E-state index in [1.807, 2.05) is 0 Å². The molecule has 0 amide bonds. The van der Waals surface area contributed by atoms with Crippen LogP contribution in [0.5, 0.6) is 0 Å². The third-order valence-electron chi connectivity index (χ3n) is 3.21. The standard InChI is InChI=1S/C16H13ClF3NO/c17-15-12(8-11(21)9-13(15)18)14(22)6-7-16(19,20)10-4-2-1-3-5-10/h1-5,8-9H,6-7,21H2. The maximum absolute atomic E-state index is 14.0. The Morgan fingerprint density at radius 1 is 1.18 bits per heavy atom. The molecular formula is C16H13ClF3NO. The largest absolute Gasteiger partial charge is 0.399 e. The molecule has 116 valence electrons. The number of benzene rings is 2. The maximum atomic E-state index is 14.0. The number of nitrogens with two attached hydrogens (primary N) is 1. The second-order valence-electron chi connectivity index (χ2n) is 4.86. The topological polar surface area (TPSA) is 43.1 Å². The van der Waals surface area contributed by atoms with E-state index in [4.69, 9.17) is 17.3 Å². The fraction of sp³-hybridized carbons (Fsp3) is 0.188. The summed E-state index contributed by atoms with van der Waals surface area (Å²) in [6.07, 6.45) is -1.16. The fourth-order valence-electron chi connectivity index (χ4n) is 2.04. The predicted molar refractivity (Wildman–Crippen MR) is 79.7 cm³/mol. The number of carbonyl (C=O) groups is 1. The van der Waals surface area contributed by atoms with Gasteiger partial charge in [0, 0.05) is 29.7 Å². The van der Waals surface area contributed by atoms with Crippen LogP contribution < -0.4 is 5.73 Å². The van der Waals surface area contributed by atoms with Gasteiger partial charge < -0.3 is 5.73 Å². The monoisotopic (exact) mass is 327 g/mol. The Labute approximate surface area is 130 Å². The average molecular weight is 328 g/mol. The number of nitrogen functional groups attached to an aromatic ring is 1. The number of ketones is 1. The molecular weight excluding hydrogens is 315 g/mol. The molecule has 0 saturated heterocycles. The van der Waals surface area contributed by atoms with Gasteiger partial charge >= 0.3 is 0 Å². The summed E-state index contributed by atoms with van der Waals surface area (Å²) < 4.78 is 41.4. The van der Waals surface area contributed by atoms with Gasteiger partial charge in [-0.25, -0.2) is 13.2 Å². The quantitative estimate of drug-likeness (QED) is 0.632. The summed E-state index contributed by atoms with van der Waals surface area (Å²) >= 11 is 5.69. The highest BCUT2D eigenvalue weighted by atomic mass is 35.5. The van der Waals surface area contributed by atoms with Crippen molar-refractivity contribution in [2.75, 3.05) is 5.73 Å². The zero-order valence-electron chi connectivity index (χ0n) is 11.5. The minimum Gasteiger partial charge on any atom is -0.399 e. The zero-order valence-corrected chi connectivity index (χ0v) is 12.2. The molecule has 0 radical (unpaired) electrons. The first kappa shape index (κ1) is 16.4. The Morgan fingerprint density at radius 2 is 1.82 bits per heavy atom. The van der Waals surface area contributed by atoms with Gasteiger partial charge in [0.15, 0.2) is 5.78 Å². The highest BCUT2D eigenvalue weighted by molar-refractivity contribution is 6.34. The number of Topliss-reactive ketones (excluding diaryl/α,β-unsaturated/α-hetero) is 1. The second kappa shape index (κ2) is 6.40. The van der Waals surface area contributed by atoms with E-state index in [2.05, 4.69) is 0 Å². The molecule has 0 unspecified atom stereocenters. The van der Waals surface area contributed by atoms with Gasteiger partial charge in [0.1, 0.15) is 5.82 Å². The number of anilines is 1. The number of hydrogen-bond donors (Lipinski definition) is 1. The smallest absolute Gasteiger partial charge is 0.273 e. The van der Waals surface area contributed by atoms with Crippen molar-refractivity contribution in [3.63, 3.8) is 0 Å². The van der Waals surface area contributed by atoms with Crippen molar-refractivity contribution >= 4 is 23.1 Å². The summed E-state index contributed by atoms with van der Waals surface area (Å²) in [4.78, 5) is 12.0. The lowest BCUT2D eigenvalue weighted by Crippen LogP contribution is -2.16. The molecule has 2 aromatic rings. The predicted octanol–water partition coefficient (Wildman–Crippen LogP) is 4.82. The molecule has 0 aromatic heterocycles. The molecule has 22 heavy (non-hydrogen) atoms. The molecule has 0 atom stereocenters. The van der Waals surface area contributed by atoms with E-state index in [0.29, 0.717) is 0 Å². The Bertz CT molecular complexity index is 689. The van der Waals surface area contributed by atoms with Crippen LogP contribution in [0, 0.1) is 5.82 Å². The summed E-state index contributed by atoms with van der Waals surface area (Å²) in [5.74, 6) is -4.67. The van der Waals surface area contributed by atoms with Crippen molar-refractivity contribution in [1.82, 2.24) is 0 Å². The third-order valence-corrected chi connectivity index (χ3v) is 3.60. The lowest BCUT2D eigenvalue weighted by atomic mass is 9.99. The summed E-state index contributed by atoms with van der Waals surface area (Å²) in [7, 11) is 0. The molecule has 2 nitrogen and oxygen atoms in total. The highest BCUT2D eigenvalue weighted by Gasteiger charge is 2.32. The summed E-state index contributed by atoms with van der Waals surface area (Å²) in [5.41, 5.74) is 5.10. The number of alkyl halides is 2. The van der Waals surface area contributed by atoms with Crippen molar-refractivity contribution < 1.29 is 18.0 Å². The van der Waals surface area contributed by atoms with Gasteiger partial charge in [0.25, 0.3) is 5.92 Å². The third kappa shape index (κ3) is 3.60. The minimum atomic E-state index is -3.15. The summed E-state index contributed by atoms with van der Waals surface area (Å²) in [6.45, 7) is 0. The van der Waals surface area contributed by atoms with Crippen molar-refractivity contribution in [2.45, 2.75) is 18.8 Å². The first-order valence-electron chi connectivity index (χ1n) is 6.52. The van der Waals surface area contributed by atoms with E-state index < -0.39 is 35.4 Å². The van der Waals surface area contributed by atoms with Crippen molar-refractivity contribution in [3.8, 4) is 0 Å². The summed E-state index contributed by atoms with van der Waals surface area (Å²) in [6, 6.07) is 9.35. The van der Waals surface area contributed by atoms with Crippen molar-refractivity contribution in [1.29, 1.82) is 0 Å². The first-order valence-corrected chi connectivity index (χ1v) is 6.90. The number of carbonyl (C=O) groups excluding carboxylic acids is 1. The van der Waals surface area contributed by atoms with Crippen LogP contribution in [0.4, 0.5) is 18.9 Å². The Balaban J connectivity index is 2.14. The summed E-state index contributed by atoms with van der Waals surface area (Å²) in [5, 5.41) is -0.401. The number of rotatable bonds is 5. The van der Waals surface area contributed by atoms with E-state index in [1.54, 1.807) is 6.07 Å². The van der Waals surface area contributed by atoms with Crippen LogP contribution in [0.1, 0.15) is 28.8 Å². The molecule has 0 aliphatic heterocycles. The van der Waals surface area contributed by atoms with E-state index in [1.165, 1.54) is 30.3 Å². The molecule has 0 saturated carbocycles. The molecule has 6 heteroatoms. The van der Waals surface area contributed by atoms with Crippen LogP contribution in [0.25, 0.3) is 0 Å². The van der Waals surface area contributed by atoms with Crippen LogP contribution in [0.2, 0.25) is 5.02 Å². The van der Waals surface area contributed by atoms with Crippen molar-refractivity contribution in [3.05, 3.63) is 64.4 Å². The van der Waals surface area contributed by atoms with Crippen molar-refractivity contribution in [2.24, 2.45) is 0 Å². The Kier molecular flexibility index (Phi) is 4.76. The van der Waals surface area contributed by atoms with Crippen LogP contribution in [0.3, 0.4) is 0 Å². The minimum absolute atomic E-state index is 0.0140. The fourth-order valence-corrected chi connectivity index (χ4v) is 2.26. The number of hydrogen-bond acceptors (Lipinski definition) is 2. The van der Waals surface area contributed by atoms with Gasteiger partial charge in [0.2, 0.25) is 0 Å². The lowest BCUT2D eigenvalue weighted by molar-refractivity contribution is -0.0141. The Hall–Kier alpha value is -2.01. The van der Waals surface area contributed by atoms with Crippen LogP contribution in [-0.2, 0) is 5.92 Å². The Morgan fingerprint density at radius 3 is 2.45 bits per heavy atom. The first-order chi connectivity index (χ1) is 10.3. The SMILES string of the molecule is Nc1cc(F)c(Cl)c(C(=O)CCC(F)(F)c2ccccc2)c1. The van der Waals surface area contributed by atoms with Gasteiger partial charge in [-0.3, -0.25) is 4.79 Å². The van der Waals surface area contributed by atoms with Gasteiger partial charge in [-0.1, -0.05) is 41.9 Å². The molecule has 0 fully saturated rings. The lowest BCUT2D eigenvalue weighted by Gasteiger charge is -2.16. The maximum Gasteiger partial charge on any atom is 0.273 e. The van der Waals surface area contributed by atoms with Gasteiger partial charge in [-0.15, -0.1) is 0 Å². The second-order valence-corrected chi connectivity index (χ2v) is 5.24. The van der Waals surface area contributed by atoms with Crippen LogP contribution >= 0.6 is 11.6 Å². The van der Waals surface area contributed by atoms with Gasteiger partial charge in [0.05, 0.1) is 5.02 Å². The van der Waals surface area contributed by atoms with Gasteiger partial charge in [-0.05, 0) is 12.1 Å². The van der Waals surface area contributed by atoms with Crippen LogP contribution in [-0.4, -0.2) is 5.78 Å². The van der Waals surface area contributed by atoms with Crippen LogP contribution in [0.15, 0.2) is 42.5 Å². The van der Waals surface area contributed by atoms with Gasteiger partial charge in [-0.2, -0.15) is 0 Å². The van der Waals surface area contributed by atoms with E-state index >= 15 is 0 Å².